The first-order chi connectivity index (χ1) is 7.62. The van der Waals surface area contributed by atoms with Gasteiger partial charge in [0, 0.05) is 0 Å². The van der Waals surface area contributed by atoms with Crippen LogP contribution >= 0.6 is 0 Å². The third-order valence-corrected chi connectivity index (χ3v) is 3.99. The second-order valence-corrected chi connectivity index (χ2v) is 5.01. The normalized spacial score (nSPS) is 19.6. The van der Waals surface area contributed by atoms with E-state index in [1.165, 1.54) is 32.8 Å². The van der Waals surface area contributed by atoms with E-state index in [4.69, 9.17) is 10.5 Å². The Kier molecular flexibility index (Phi) is 4.78. The van der Waals surface area contributed by atoms with Gasteiger partial charge in [0.15, 0.2) is 0 Å². The fraction of sp³-hybridized carbons (Fsp3) is 0.923. The summed E-state index contributed by atoms with van der Waals surface area (Å²) in [6, 6.07) is -0.416. The molecule has 3 nitrogen and oxygen atoms in total. The standard InChI is InChI=1S/C13H25NO2/c1-4-6-10(7-5-2)13(8-9-13)11(14)12(15)16-3/h10-11H,4-9,14H2,1-3H3. The molecule has 1 fully saturated rings. The second kappa shape index (κ2) is 5.67. The fourth-order valence-corrected chi connectivity index (χ4v) is 2.90. The van der Waals surface area contributed by atoms with E-state index in [0.717, 1.165) is 12.8 Å². The van der Waals surface area contributed by atoms with E-state index in [0.29, 0.717) is 5.92 Å². The smallest absolute Gasteiger partial charge is 0.323 e. The predicted octanol–water partition coefficient (Wildman–Crippen LogP) is 2.48. The zero-order valence-electron chi connectivity index (χ0n) is 10.8. The number of hydrogen-bond donors (Lipinski definition) is 1. The number of hydrogen-bond acceptors (Lipinski definition) is 3. The van der Waals surface area contributed by atoms with Gasteiger partial charge in [-0.1, -0.05) is 39.5 Å². The molecule has 1 unspecified atom stereocenters. The Balaban J connectivity index is 2.69. The first kappa shape index (κ1) is 13.5. The lowest BCUT2D eigenvalue weighted by molar-refractivity contribution is -0.144. The minimum atomic E-state index is -0.416. The van der Waals surface area contributed by atoms with E-state index in [1.54, 1.807) is 0 Å². The van der Waals surface area contributed by atoms with E-state index in [9.17, 15) is 4.79 Å². The summed E-state index contributed by atoms with van der Waals surface area (Å²) in [4.78, 5) is 11.6. The van der Waals surface area contributed by atoms with Crippen molar-refractivity contribution in [3.8, 4) is 0 Å². The van der Waals surface area contributed by atoms with Crippen LogP contribution in [0.4, 0.5) is 0 Å². The Morgan fingerprint density at radius 3 is 2.12 bits per heavy atom. The monoisotopic (exact) mass is 227 g/mol. The highest BCUT2D eigenvalue weighted by atomic mass is 16.5. The fourth-order valence-electron chi connectivity index (χ4n) is 2.90. The van der Waals surface area contributed by atoms with Gasteiger partial charge in [-0.05, 0) is 24.2 Å². The van der Waals surface area contributed by atoms with Gasteiger partial charge in [0.2, 0.25) is 0 Å². The molecule has 1 rings (SSSR count). The van der Waals surface area contributed by atoms with Gasteiger partial charge < -0.3 is 10.5 Å². The highest BCUT2D eigenvalue weighted by Crippen LogP contribution is 2.57. The average molecular weight is 227 g/mol. The molecule has 1 aliphatic carbocycles. The summed E-state index contributed by atoms with van der Waals surface area (Å²) >= 11 is 0. The molecule has 0 bridgehead atoms. The van der Waals surface area contributed by atoms with Crippen molar-refractivity contribution in [2.45, 2.75) is 58.4 Å². The van der Waals surface area contributed by atoms with Gasteiger partial charge in [0.25, 0.3) is 0 Å². The van der Waals surface area contributed by atoms with Crippen LogP contribution in [0.1, 0.15) is 52.4 Å². The Morgan fingerprint density at radius 1 is 1.31 bits per heavy atom. The highest BCUT2D eigenvalue weighted by Gasteiger charge is 2.55. The molecule has 94 valence electrons. The molecule has 0 aromatic carbocycles. The molecule has 0 radical (unpaired) electrons. The van der Waals surface area contributed by atoms with Crippen LogP contribution in [0, 0.1) is 11.3 Å². The number of ether oxygens (including phenoxy) is 1. The molecule has 1 saturated carbocycles. The zero-order chi connectivity index (χ0) is 12.2. The van der Waals surface area contributed by atoms with Crippen molar-refractivity contribution < 1.29 is 9.53 Å². The molecule has 3 heteroatoms. The molecule has 16 heavy (non-hydrogen) atoms. The van der Waals surface area contributed by atoms with E-state index in [2.05, 4.69) is 13.8 Å². The van der Waals surface area contributed by atoms with Gasteiger partial charge >= 0.3 is 5.97 Å². The number of nitrogens with two attached hydrogens (primary N) is 1. The van der Waals surface area contributed by atoms with Crippen LogP contribution < -0.4 is 5.73 Å². The van der Waals surface area contributed by atoms with Crippen molar-refractivity contribution >= 4 is 5.97 Å². The number of methoxy groups -OCH3 is 1. The summed E-state index contributed by atoms with van der Waals surface area (Å²) in [5.74, 6) is 0.353. The van der Waals surface area contributed by atoms with Crippen molar-refractivity contribution in [3.05, 3.63) is 0 Å². The van der Waals surface area contributed by atoms with E-state index < -0.39 is 6.04 Å². The Bertz CT molecular complexity index is 230. The van der Waals surface area contributed by atoms with Crippen LogP contribution in [0.3, 0.4) is 0 Å². The van der Waals surface area contributed by atoms with Gasteiger partial charge in [0.05, 0.1) is 7.11 Å². The van der Waals surface area contributed by atoms with E-state index in [1.807, 2.05) is 0 Å². The van der Waals surface area contributed by atoms with Gasteiger partial charge in [0.1, 0.15) is 6.04 Å². The molecule has 0 amide bonds. The molecule has 0 spiro atoms. The van der Waals surface area contributed by atoms with Crippen LogP contribution in [0.15, 0.2) is 0 Å². The van der Waals surface area contributed by atoms with Crippen molar-refractivity contribution in [2.75, 3.05) is 7.11 Å². The molecule has 0 heterocycles. The minimum absolute atomic E-state index is 0.0547. The summed E-state index contributed by atoms with van der Waals surface area (Å²) in [6.45, 7) is 4.39. The number of rotatable bonds is 7. The average Bonchev–Trinajstić information content (AvgIpc) is 3.08. The number of carbonyl (C=O) groups is 1. The molecule has 0 aromatic rings. The van der Waals surface area contributed by atoms with Crippen LogP contribution in [-0.4, -0.2) is 19.1 Å². The Hall–Kier alpha value is -0.570. The second-order valence-electron chi connectivity index (χ2n) is 5.01. The van der Waals surface area contributed by atoms with E-state index >= 15 is 0 Å². The highest BCUT2D eigenvalue weighted by molar-refractivity contribution is 5.77. The van der Waals surface area contributed by atoms with E-state index in [-0.39, 0.29) is 11.4 Å². The van der Waals surface area contributed by atoms with Crippen LogP contribution in [0.5, 0.6) is 0 Å². The maximum Gasteiger partial charge on any atom is 0.323 e. The first-order valence-electron chi connectivity index (χ1n) is 6.45. The largest absolute Gasteiger partial charge is 0.468 e. The van der Waals surface area contributed by atoms with Gasteiger partial charge in [-0.15, -0.1) is 0 Å². The van der Waals surface area contributed by atoms with Gasteiger partial charge in [-0.3, -0.25) is 4.79 Å². The molecule has 0 aliphatic heterocycles. The lowest BCUT2D eigenvalue weighted by atomic mass is 9.77. The Morgan fingerprint density at radius 2 is 1.81 bits per heavy atom. The molecule has 2 N–H and O–H groups in total. The topological polar surface area (TPSA) is 52.3 Å². The van der Waals surface area contributed by atoms with Crippen molar-refractivity contribution in [1.29, 1.82) is 0 Å². The lowest BCUT2D eigenvalue weighted by Gasteiger charge is -2.30. The molecule has 1 atom stereocenters. The molecule has 1 aliphatic rings. The third-order valence-electron chi connectivity index (χ3n) is 3.99. The summed E-state index contributed by atoms with van der Waals surface area (Å²) in [6.07, 6.45) is 6.87. The van der Waals surface area contributed by atoms with Crippen molar-refractivity contribution in [2.24, 2.45) is 17.1 Å². The quantitative estimate of drug-likeness (QED) is 0.680. The summed E-state index contributed by atoms with van der Waals surface area (Å²) in [7, 11) is 1.42. The Labute approximate surface area is 98.7 Å². The predicted molar refractivity (Wildman–Crippen MR) is 65.0 cm³/mol. The van der Waals surface area contributed by atoms with Gasteiger partial charge in [-0.25, -0.2) is 0 Å². The summed E-state index contributed by atoms with van der Waals surface area (Å²) in [5.41, 5.74) is 6.11. The maximum absolute atomic E-state index is 11.6. The first-order valence-corrected chi connectivity index (χ1v) is 6.45. The van der Waals surface area contributed by atoms with Gasteiger partial charge in [-0.2, -0.15) is 0 Å². The van der Waals surface area contributed by atoms with Crippen molar-refractivity contribution in [1.82, 2.24) is 0 Å². The molecular formula is C13H25NO2. The lowest BCUT2D eigenvalue weighted by Crippen LogP contribution is -2.44. The maximum atomic E-state index is 11.6. The zero-order valence-corrected chi connectivity index (χ0v) is 10.8. The molecule has 0 saturated heterocycles. The SMILES string of the molecule is CCCC(CCC)C1(C(N)C(=O)OC)CC1. The number of carbonyl (C=O) groups excluding carboxylic acids is 1. The number of esters is 1. The summed E-state index contributed by atoms with van der Waals surface area (Å²) < 4.78 is 4.78. The van der Waals surface area contributed by atoms with Crippen LogP contribution in [0.2, 0.25) is 0 Å². The third kappa shape index (κ3) is 2.57. The van der Waals surface area contributed by atoms with Crippen LogP contribution in [0.25, 0.3) is 0 Å². The van der Waals surface area contributed by atoms with Crippen LogP contribution in [-0.2, 0) is 9.53 Å². The van der Waals surface area contributed by atoms with Crippen molar-refractivity contribution in [3.63, 3.8) is 0 Å². The molecule has 0 aromatic heterocycles. The minimum Gasteiger partial charge on any atom is -0.468 e. The molecular weight excluding hydrogens is 202 g/mol. The summed E-state index contributed by atoms with van der Waals surface area (Å²) in [5, 5.41) is 0.